The van der Waals surface area contributed by atoms with Gasteiger partial charge in [0.2, 0.25) is 10.0 Å². The molecule has 0 saturated carbocycles. The van der Waals surface area contributed by atoms with Crippen LogP contribution in [0.4, 0.5) is 0 Å². The number of fused-ring (bicyclic) bond motifs is 1. The number of hydrogen-bond donors (Lipinski definition) is 1. The first kappa shape index (κ1) is 15.7. The van der Waals surface area contributed by atoms with Gasteiger partial charge in [-0.2, -0.15) is 5.26 Å². The van der Waals surface area contributed by atoms with Crippen LogP contribution < -0.4 is 4.72 Å². The normalized spacial score (nSPS) is 17.5. The lowest BCUT2D eigenvalue weighted by atomic mass is 9.98. The molecule has 23 heavy (non-hydrogen) atoms. The molecule has 0 unspecified atom stereocenters. The van der Waals surface area contributed by atoms with Crippen LogP contribution in [0.15, 0.2) is 35.5 Å². The highest BCUT2D eigenvalue weighted by Crippen LogP contribution is 2.20. The molecule has 1 aliphatic heterocycles. The lowest BCUT2D eigenvalue weighted by Crippen LogP contribution is -2.33. The van der Waals surface area contributed by atoms with Crippen LogP contribution >= 0.6 is 0 Å². The molecule has 0 aliphatic carbocycles. The summed E-state index contributed by atoms with van der Waals surface area (Å²) >= 11 is 0. The topological polar surface area (TPSA) is 87.8 Å². The molecule has 0 radical (unpaired) electrons. The van der Waals surface area contributed by atoms with Crippen molar-refractivity contribution in [3.05, 3.63) is 47.5 Å². The van der Waals surface area contributed by atoms with Gasteiger partial charge >= 0.3 is 0 Å². The summed E-state index contributed by atoms with van der Waals surface area (Å²) in [7, 11) is -3.62. The van der Waals surface area contributed by atoms with Crippen molar-refractivity contribution >= 4 is 10.0 Å². The fourth-order valence-electron chi connectivity index (χ4n) is 2.85. The van der Waals surface area contributed by atoms with Crippen molar-refractivity contribution in [2.75, 3.05) is 6.54 Å². The van der Waals surface area contributed by atoms with Crippen LogP contribution in [0.5, 0.6) is 0 Å². The molecule has 0 spiro atoms. The van der Waals surface area contributed by atoms with Crippen molar-refractivity contribution in [3.63, 3.8) is 0 Å². The predicted molar refractivity (Wildman–Crippen MR) is 85.1 cm³/mol. The SMILES string of the molecule is Cc1ccc(C#N)cc1S(=O)(=O)NC[C@@H]1CCn2ccnc2C1. The Labute approximate surface area is 135 Å². The van der Waals surface area contributed by atoms with Gasteiger partial charge < -0.3 is 4.57 Å². The quantitative estimate of drug-likeness (QED) is 0.922. The van der Waals surface area contributed by atoms with Gasteiger partial charge in [0.05, 0.1) is 16.5 Å². The van der Waals surface area contributed by atoms with Gasteiger partial charge in [0.1, 0.15) is 5.82 Å². The van der Waals surface area contributed by atoms with Crippen LogP contribution in [0.2, 0.25) is 0 Å². The van der Waals surface area contributed by atoms with Crippen molar-refractivity contribution < 1.29 is 8.42 Å². The average molecular weight is 330 g/mol. The predicted octanol–water partition coefficient (Wildman–Crippen LogP) is 1.60. The zero-order valence-corrected chi connectivity index (χ0v) is 13.7. The summed E-state index contributed by atoms with van der Waals surface area (Å²) in [6.07, 6.45) is 5.42. The Morgan fingerprint density at radius 1 is 1.48 bits per heavy atom. The number of aryl methyl sites for hydroxylation is 2. The van der Waals surface area contributed by atoms with Crippen LogP contribution in [0.3, 0.4) is 0 Å². The monoisotopic (exact) mass is 330 g/mol. The lowest BCUT2D eigenvalue weighted by Gasteiger charge is -2.23. The Morgan fingerprint density at radius 3 is 3.09 bits per heavy atom. The molecule has 1 aliphatic rings. The summed E-state index contributed by atoms with van der Waals surface area (Å²) in [6, 6.07) is 6.68. The number of nitrogens with one attached hydrogen (secondary N) is 1. The zero-order valence-electron chi connectivity index (χ0n) is 12.9. The number of aromatic nitrogens is 2. The maximum Gasteiger partial charge on any atom is 0.240 e. The van der Waals surface area contributed by atoms with Crippen LogP contribution in [0, 0.1) is 24.2 Å². The Hall–Kier alpha value is -2.17. The molecule has 0 amide bonds. The van der Waals surface area contributed by atoms with E-state index in [4.69, 9.17) is 5.26 Å². The van der Waals surface area contributed by atoms with Crippen molar-refractivity contribution in [2.24, 2.45) is 5.92 Å². The molecule has 1 aromatic heterocycles. The standard InChI is InChI=1S/C16H18N4O2S/c1-12-2-3-13(10-17)8-15(12)23(21,22)19-11-14-4-6-20-7-5-18-16(20)9-14/h2-3,5,7-8,14,19H,4,6,9,11H2,1H3/t14-/m1/s1. The van der Waals surface area contributed by atoms with Crippen molar-refractivity contribution in [2.45, 2.75) is 31.2 Å². The Morgan fingerprint density at radius 2 is 2.30 bits per heavy atom. The first-order valence-corrected chi connectivity index (χ1v) is 8.98. The maximum absolute atomic E-state index is 12.5. The van der Waals surface area contributed by atoms with Crippen LogP contribution in [-0.4, -0.2) is 24.5 Å². The summed E-state index contributed by atoms with van der Waals surface area (Å²) in [4.78, 5) is 4.47. The van der Waals surface area contributed by atoms with E-state index in [0.29, 0.717) is 17.7 Å². The van der Waals surface area contributed by atoms with E-state index in [1.54, 1.807) is 25.3 Å². The molecular weight excluding hydrogens is 312 g/mol. The highest BCUT2D eigenvalue weighted by Gasteiger charge is 2.23. The van der Waals surface area contributed by atoms with E-state index in [2.05, 4.69) is 14.3 Å². The number of rotatable bonds is 4. The van der Waals surface area contributed by atoms with Gasteiger partial charge in [-0.05, 0) is 37.0 Å². The molecule has 0 saturated heterocycles. The first-order valence-electron chi connectivity index (χ1n) is 7.50. The molecule has 120 valence electrons. The Bertz CT molecular complexity index is 864. The molecule has 1 atom stereocenters. The molecule has 2 aromatic rings. The minimum atomic E-state index is -3.62. The molecule has 0 fully saturated rings. The lowest BCUT2D eigenvalue weighted by molar-refractivity contribution is 0.379. The molecule has 3 rings (SSSR count). The maximum atomic E-state index is 12.5. The minimum Gasteiger partial charge on any atom is -0.335 e. The van der Waals surface area contributed by atoms with E-state index < -0.39 is 10.0 Å². The second kappa shape index (κ2) is 6.14. The van der Waals surface area contributed by atoms with Crippen molar-refractivity contribution in [1.82, 2.24) is 14.3 Å². The third-order valence-corrected chi connectivity index (χ3v) is 5.79. The summed E-state index contributed by atoms with van der Waals surface area (Å²) in [5.74, 6) is 1.24. The number of imidazole rings is 1. The minimum absolute atomic E-state index is 0.175. The van der Waals surface area contributed by atoms with Crippen molar-refractivity contribution in [1.29, 1.82) is 5.26 Å². The molecule has 1 aromatic carbocycles. The molecule has 6 nitrogen and oxygen atoms in total. The third kappa shape index (κ3) is 3.28. The van der Waals surface area contributed by atoms with Crippen LogP contribution in [-0.2, 0) is 23.0 Å². The summed E-state index contributed by atoms with van der Waals surface area (Å²) in [5.41, 5.74) is 0.978. The number of hydrogen-bond acceptors (Lipinski definition) is 4. The first-order chi connectivity index (χ1) is 11.0. The fourth-order valence-corrected chi connectivity index (χ4v) is 4.24. The van der Waals surface area contributed by atoms with E-state index in [-0.39, 0.29) is 10.8 Å². The molecule has 1 N–H and O–H groups in total. The van der Waals surface area contributed by atoms with Gasteiger partial charge in [0.15, 0.2) is 0 Å². The van der Waals surface area contributed by atoms with Gasteiger partial charge in [0, 0.05) is 31.9 Å². The smallest absolute Gasteiger partial charge is 0.240 e. The summed E-state index contributed by atoms with van der Waals surface area (Å²) < 4.78 is 29.8. The van der Waals surface area contributed by atoms with E-state index in [9.17, 15) is 8.42 Å². The highest BCUT2D eigenvalue weighted by atomic mass is 32.2. The molecular formula is C16H18N4O2S. The molecule has 7 heteroatoms. The van der Waals surface area contributed by atoms with Gasteiger partial charge in [-0.3, -0.25) is 0 Å². The number of nitrogens with zero attached hydrogens (tertiary/aromatic N) is 3. The third-order valence-electron chi connectivity index (χ3n) is 4.22. The fraction of sp³-hybridized carbons (Fsp3) is 0.375. The number of nitriles is 1. The Kier molecular flexibility index (Phi) is 4.20. The second-order valence-electron chi connectivity index (χ2n) is 5.84. The molecule has 0 bridgehead atoms. The summed E-state index contributed by atoms with van der Waals surface area (Å²) in [5, 5.41) is 8.95. The van der Waals surface area contributed by atoms with E-state index >= 15 is 0 Å². The largest absolute Gasteiger partial charge is 0.335 e. The van der Waals surface area contributed by atoms with Gasteiger partial charge in [-0.25, -0.2) is 18.1 Å². The van der Waals surface area contributed by atoms with E-state index in [1.807, 2.05) is 12.3 Å². The molecule has 2 heterocycles. The summed E-state index contributed by atoms with van der Waals surface area (Å²) in [6.45, 7) is 2.98. The van der Waals surface area contributed by atoms with Crippen LogP contribution in [0.1, 0.15) is 23.4 Å². The van der Waals surface area contributed by atoms with E-state index in [1.165, 1.54) is 6.07 Å². The van der Waals surface area contributed by atoms with Gasteiger partial charge in [-0.1, -0.05) is 6.07 Å². The van der Waals surface area contributed by atoms with Gasteiger partial charge in [0.25, 0.3) is 0 Å². The second-order valence-corrected chi connectivity index (χ2v) is 7.58. The average Bonchev–Trinajstić information content (AvgIpc) is 3.01. The van der Waals surface area contributed by atoms with Gasteiger partial charge in [-0.15, -0.1) is 0 Å². The number of sulfonamides is 1. The highest BCUT2D eigenvalue weighted by molar-refractivity contribution is 7.89. The van der Waals surface area contributed by atoms with E-state index in [0.717, 1.165) is 25.2 Å². The zero-order chi connectivity index (χ0) is 16.4. The van der Waals surface area contributed by atoms with Crippen LogP contribution in [0.25, 0.3) is 0 Å². The number of benzene rings is 1. The Balaban J connectivity index is 1.72. The van der Waals surface area contributed by atoms with Crippen molar-refractivity contribution in [3.8, 4) is 6.07 Å².